The highest BCUT2D eigenvalue weighted by molar-refractivity contribution is 7.19. The predicted molar refractivity (Wildman–Crippen MR) is 119 cm³/mol. The van der Waals surface area contributed by atoms with E-state index in [1.807, 2.05) is 12.1 Å². The molecule has 0 radical (unpaired) electrons. The van der Waals surface area contributed by atoms with Crippen LogP contribution in [0.3, 0.4) is 0 Å². The van der Waals surface area contributed by atoms with Gasteiger partial charge in [0, 0.05) is 55.4 Å². The molecule has 3 N–H and O–H groups in total. The Kier molecular flexibility index (Phi) is 8.09. The van der Waals surface area contributed by atoms with Gasteiger partial charge in [0.1, 0.15) is 6.10 Å². The van der Waals surface area contributed by atoms with Gasteiger partial charge in [-0.2, -0.15) is 0 Å². The second-order valence-corrected chi connectivity index (χ2v) is 8.24. The first-order valence-electron chi connectivity index (χ1n) is 10.3. The molecule has 28 heavy (non-hydrogen) atoms. The average molecular weight is 404 g/mol. The SMILES string of the molecule is CCNC(=NCC(O)c1cc2ccccc2s1)NCCN1CCN(CC)CC1. The molecule has 1 aromatic heterocycles. The number of hydrogen-bond donors (Lipinski definition) is 3. The lowest BCUT2D eigenvalue weighted by atomic mass is 10.2. The van der Waals surface area contributed by atoms with E-state index in [2.05, 4.69) is 57.5 Å². The fourth-order valence-electron chi connectivity index (χ4n) is 3.44. The van der Waals surface area contributed by atoms with Crippen LogP contribution in [0.2, 0.25) is 0 Å². The van der Waals surface area contributed by atoms with Crippen LogP contribution < -0.4 is 10.6 Å². The van der Waals surface area contributed by atoms with E-state index in [4.69, 9.17) is 0 Å². The number of piperazine rings is 1. The Hall–Kier alpha value is -1.67. The summed E-state index contributed by atoms with van der Waals surface area (Å²) >= 11 is 1.64. The molecule has 1 unspecified atom stereocenters. The van der Waals surface area contributed by atoms with Crippen LogP contribution in [0.4, 0.5) is 0 Å². The monoisotopic (exact) mass is 403 g/mol. The third kappa shape index (κ3) is 5.91. The van der Waals surface area contributed by atoms with Gasteiger partial charge >= 0.3 is 0 Å². The van der Waals surface area contributed by atoms with E-state index in [1.165, 1.54) is 10.1 Å². The number of guanidine groups is 1. The van der Waals surface area contributed by atoms with Crippen LogP contribution in [-0.2, 0) is 0 Å². The van der Waals surface area contributed by atoms with Crippen molar-refractivity contribution < 1.29 is 5.11 Å². The van der Waals surface area contributed by atoms with Crippen LogP contribution in [0.15, 0.2) is 35.3 Å². The fourth-order valence-corrected chi connectivity index (χ4v) is 4.48. The number of rotatable bonds is 8. The van der Waals surface area contributed by atoms with Crippen molar-refractivity contribution in [2.45, 2.75) is 20.0 Å². The van der Waals surface area contributed by atoms with Gasteiger partial charge in [0.25, 0.3) is 0 Å². The maximum absolute atomic E-state index is 10.6. The molecule has 2 aromatic rings. The van der Waals surface area contributed by atoms with Gasteiger partial charge in [-0.15, -0.1) is 11.3 Å². The summed E-state index contributed by atoms with van der Waals surface area (Å²) in [5, 5.41) is 18.4. The Bertz CT molecular complexity index is 721. The van der Waals surface area contributed by atoms with Crippen LogP contribution >= 0.6 is 11.3 Å². The van der Waals surface area contributed by atoms with Gasteiger partial charge in [-0.3, -0.25) is 9.89 Å². The van der Waals surface area contributed by atoms with Crippen LogP contribution in [0, 0.1) is 0 Å². The normalized spacial score (nSPS) is 17.8. The molecule has 0 bridgehead atoms. The van der Waals surface area contributed by atoms with Gasteiger partial charge < -0.3 is 20.6 Å². The predicted octanol–water partition coefficient (Wildman–Crippen LogP) is 2.13. The summed E-state index contributed by atoms with van der Waals surface area (Å²) in [6.45, 7) is 13.0. The summed E-state index contributed by atoms with van der Waals surface area (Å²) in [4.78, 5) is 10.5. The minimum Gasteiger partial charge on any atom is -0.386 e. The zero-order valence-electron chi connectivity index (χ0n) is 17.0. The van der Waals surface area contributed by atoms with Gasteiger partial charge in [0.2, 0.25) is 0 Å². The quantitative estimate of drug-likeness (QED) is 0.466. The highest BCUT2D eigenvalue weighted by atomic mass is 32.1. The number of aliphatic hydroxyl groups excluding tert-OH is 1. The van der Waals surface area contributed by atoms with E-state index in [1.54, 1.807) is 11.3 Å². The van der Waals surface area contributed by atoms with E-state index in [0.717, 1.165) is 63.2 Å². The summed E-state index contributed by atoms with van der Waals surface area (Å²) in [6.07, 6.45) is -0.574. The minimum atomic E-state index is -0.574. The topological polar surface area (TPSA) is 63.1 Å². The Morgan fingerprint density at radius 1 is 1.14 bits per heavy atom. The summed E-state index contributed by atoms with van der Waals surface area (Å²) in [5.74, 6) is 0.773. The van der Waals surface area contributed by atoms with Gasteiger partial charge in [-0.1, -0.05) is 25.1 Å². The number of aliphatic imine (C=N–C) groups is 1. The molecule has 6 nitrogen and oxygen atoms in total. The van der Waals surface area contributed by atoms with Crippen molar-refractivity contribution in [1.29, 1.82) is 0 Å². The second kappa shape index (κ2) is 10.8. The summed E-state index contributed by atoms with van der Waals surface area (Å²) in [6, 6.07) is 10.3. The molecule has 0 spiro atoms. The largest absolute Gasteiger partial charge is 0.386 e. The molecule has 0 aliphatic carbocycles. The lowest BCUT2D eigenvalue weighted by Gasteiger charge is -2.34. The Morgan fingerprint density at radius 3 is 2.61 bits per heavy atom. The zero-order chi connectivity index (χ0) is 19.8. The third-order valence-corrected chi connectivity index (χ3v) is 6.39. The Labute approximate surface area is 172 Å². The molecular formula is C21H33N5OS. The number of likely N-dealkylation sites (N-methyl/N-ethyl adjacent to an activating group) is 1. The smallest absolute Gasteiger partial charge is 0.191 e. The lowest BCUT2D eigenvalue weighted by molar-refractivity contribution is 0.139. The van der Waals surface area contributed by atoms with Crippen molar-refractivity contribution in [3.63, 3.8) is 0 Å². The summed E-state index contributed by atoms with van der Waals surface area (Å²) in [5.41, 5.74) is 0. The molecule has 1 fully saturated rings. The van der Waals surface area contributed by atoms with Gasteiger partial charge in [0.15, 0.2) is 5.96 Å². The number of nitrogens with one attached hydrogen (secondary N) is 2. The van der Waals surface area contributed by atoms with Crippen LogP contribution in [0.25, 0.3) is 10.1 Å². The summed E-state index contributed by atoms with van der Waals surface area (Å²) in [7, 11) is 0. The number of nitrogens with zero attached hydrogens (tertiary/aromatic N) is 3. The first-order valence-corrected chi connectivity index (χ1v) is 11.1. The van der Waals surface area contributed by atoms with Gasteiger partial charge in [-0.05, 0) is 31.0 Å². The van der Waals surface area contributed by atoms with Crippen LogP contribution in [0.1, 0.15) is 24.8 Å². The number of aliphatic hydroxyl groups is 1. The lowest BCUT2D eigenvalue weighted by Crippen LogP contribution is -2.49. The number of thiophene rings is 1. The Morgan fingerprint density at radius 2 is 1.89 bits per heavy atom. The second-order valence-electron chi connectivity index (χ2n) is 7.12. The molecule has 1 saturated heterocycles. The van der Waals surface area contributed by atoms with E-state index in [0.29, 0.717) is 6.54 Å². The first-order chi connectivity index (χ1) is 13.7. The fraction of sp³-hybridized carbons (Fsp3) is 0.571. The first kappa shape index (κ1) is 21.0. The zero-order valence-corrected chi connectivity index (χ0v) is 17.8. The average Bonchev–Trinajstić information content (AvgIpc) is 3.16. The molecule has 7 heteroatoms. The van der Waals surface area contributed by atoms with Crippen molar-refractivity contribution in [2.24, 2.45) is 4.99 Å². The molecule has 2 heterocycles. The minimum absolute atomic E-state index is 0.358. The van der Waals surface area contributed by atoms with Gasteiger partial charge in [-0.25, -0.2) is 0 Å². The molecule has 0 amide bonds. The molecule has 154 valence electrons. The van der Waals surface area contributed by atoms with E-state index >= 15 is 0 Å². The summed E-state index contributed by atoms with van der Waals surface area (Å²) < 4.78 is 1.20. The maximum atomic E-state index is 10.6. The van der Waals surface area contributed by atoms with E-state index in [9.17, 15) is 5.11 Å². The van der Waals surface area contributed by atoms with Crippen molar-refractivity contribution in [3.8, 4) is 0 Å². The molecule has 3 rings (SSSR count). The third-order valence-electron chi connectivity index (χ3n) is 5.17. The number of fused-ring (bicyclic) bond motifs is 1. The maximum Gasteiger partial charge on any atom is 0.191 e. The van der Waals surface area contributed by atoms with Crippen molar-refractivity contribution >= 4 is 27.4 Å². The van der Waals surface area contributed by atoms with Crippen LogP contribution in [-0.4, -0.2) is 79.8 Å². The van der Waals surface area contributed by atoms with Crippen molar-refractivity contribution in [2.75, 3.05) is 58.9 Å². The molecule has 1 aromatic carbocycles. The standard InChI is InChI=1S/C21H33N5OS/c1-3-22-21(23-9-10-26-13-11-25(4-2)12-14-26)24-16-18(27)20-15-17-7-5-6-8-19(17)28-20/h5-8,15,18,27H,3-4,9-14,16H2,1-2H3,(H2,22,23,24). The highest BCUT2D eigenvalue weighted by Crippen LogP contribution is 2.29. The Balaban J connectivity index is 1.48. The highest BCUT2D eigenvalue weighted by Gasteiger charge is 2.15. The molecule has 1 aliphatic rings. The van der Waals surface area contributed by atoms with Crippen molar-refractivity contribution in [3.05, 3.63) is 35.2 Å². The molecule has 1 atom stereocenters. The van der Waals surface area contributed by atoms with Gasteiger partial charge in [0.05, 0.1) is 6.54 Å². The van der Waals surface area contributed by atoms with Crippen LogP contribution in [0.5, 0.6) is 0 Å². The van der Waals surface area contributed by atoms with E-state index in [-0.39, 0.29) is 0 Å². The molecule has 1 aliphatic heterocycles. The van der Waals surface area contributed by atoms with Crippen molar-refractivity contribution in [1.82, 2.24) is 20.4 Å². The number of hydrogen-bond acceptors (Lipinski definition) is 5. The molecule has 0 saturated carbocycles. The van der Waals surface area contributed by atoms with E-state index < -0.39 is 6.10 Å². The number of benzene rings is 1. The molecular weight excluding hydrogens is 370 g/mol.